The molecule has 0 bridgehead atoms. The molecule has 0 saturated heterocycles. The molecule has 0 amide bonds. The van der Waals surface area contributed by atoms with Crippen LogP contribution in [0.5, 0.6) is 0 Å². The van der Waals surface area contributed by atoms with Crippen LogP contribution in [0.25, 0.3) is 0 Å². The predicted molar refractivity (Wildman–Crippen MR) is 120 cm³/mol. The largest absolute Gasteiger partial charge is 1.00 e. The Balaban J connectivity index is -0.000000157. The number of nitrogens with one attached hydrogen (secondary N) is 3. The average Bonchev–Trinajstić information content (AvgIpc) is 3.08. The van der Waals surface area contributed by atoms with E-state index < -0.39 is 22.0 Å². The molecule has 2 unspecified atom stereocenters. The fraction of sp³-hybridized carbons (Fsp3) is 0.455. The van der Waals surface area contributed by atoms with Gasteiger partial charge in [0.25, 0.3) is 0 Å². The summed E-state index contributed by atoms with van der Waals surface area (Å²) in [5, 5.41) is 27.8. The van der Waals surface area contributed by atoms with Crippen LogP contribution in [0.3, 0.4) is 0 Å². The molecule has 2 rings (SSSR count). The van der Waals surface area contributed by atoms with Crippen molar-refractivity contribution in [3.63, 3.8) is 0 Å². The van der Waals surface area contributed by atoms with E-state index >= 15 is 0 Å². The topological polar surface area (TPSA) is 165 Å². The average molecular weight is 582 g/mol. The molecular formula is C11H18BrN4NaO5S6. The number of rotatable bonds is 4. The maximum Gasteiger partial charge on any atom is 1.00 e. The molecule has 28 heavy (non-hydrogen) atoms. The Labute approximate surface area is 219 Å². The first-order chi connectivity index (χ1) is 11.5. The van der Waals surface area contributed by atoms with E-state index in [1.807, 2.05) is 0 Å². The predicted octanol–water partition coefficient (Wildman–Crippen LogP) is 1.95. The SMILES string of the molecule is C.CC(Br)C(=O)O.CC(Sc1n[nH]c(=S)s1)C(=O)O.S=c1[nH][nH]c(=S)s1.[Na+].[OH-]. The van der Waals surface area contributed by atoms with Gasteiger partial charge in [-0.3, -0.25) is 24.9 Å². The maximum absolute atomic E-state index is 10.4. The molecule has 2 aromatic heterocycles. The molecule has 17 heteroatoms. The van der Waals surface area contributed by atoms with Crippen molar-refractivity contribution >= 4 is 99.0 Å². The van der Waals surface area contributed by atoms with E-state index in [1.165, 1.54) is 34.4 Å². The molecule has 2 atom stereocenters. The molecule has 0 aliphatic carbocycles. The number of aliphatic carboxylic acids is 2. The van der Waals surface area contributed by atoms with Crippen molar-refractivity contribution in [3.8, 4) is 0 Å². The molecule has 2 heterocycles. The number of carboxylic acids is 2. The molecule has 0 saturated carbocycles. The number of halogens is 1. The summed E-state index contributed by atoms with van der Waals surface area (Å²) >= 11 is 20.9. The second-order valence-corrected chi connectivity index (χ2v) is 10.8. The fourth-order valence-electron chi connectivity index (χ4n) is 0.706. The Morgan fingerprint density at radius 2 is 1.50 bits per heavy atom. The second-order valence-electron chi connectivity index (χ2n) is 3.86. The number of aromatic amines is 3. The fourth-order valence-corrected chi connectivity index (χ4v) is 4.00. The summed E-state index contributed by atoms with van der Waals surface area (Å²) < 4.78 is 2.62. The molecule has 6 N–H and O–H groups in total. The van der Waals surface area contributed by atoms with Crippen molar-refractivity contribution in [3.05, 3.63) is 11.9 Å². The Hall–Kier alpha value is 0.510. The van der Waals surface area contributed by atoms with Gasteiger partial charge in [-0.1, -0.05) is 57.8 Å². The number of carbonyl (C=O) groups is 2. The van der Waals surface area contributed by atoms with Crippen LogP contribution in [0.2, 0.25) is 0 Å². The van der Waals surface area contributed by atoms with Gasteiger partial charge in [0.15, 0.2) is 16.2 Å². The minimum Gasteiger partial charge on any atom is -0.870 e. The third-order valence-electron chi connectivity index (χ3n) is 1.84. The number of hydrogen-bond donors (Lipinski definition) is 5. The van der Waals surface area contributed by atoms with Gasteiger partial charge < -0.3 is 15.7 Å². The van der Waals surface area contributed by atoms with Crippen LogP contribution in [0.1, 0.15) is 21.3 Å². The first kappa shape index (κ1) is 35.9. The monoisotopic (exact) mass is 580 g/mol. The molecule has 9 nitrogen and oxygen atoms in total. The van der Waals surface area contributed by atoms with Gasteiger partial charge in [0.1, 0.15) is 10.1 Å². The van der Waals surface area contributed by atoms with Gasteiger partial charge >= 0.3 is 41.5 Å². The standard InChI is InChI=1S/C5H6N2O2S3.C3H5BrO2.C2H2N2S3.CH4.Na.H2O/c1-2(3(8)9)11-5-7-6-4(10)12-5;1-2(4)3(5)6;5-1-3-4-2(6)7-1;;;/h2H,1H3,(H,6,10)(H,8,9);2H,1H3,(H,5,6);(H,3,5)(H,4,6);1H4;;1H2/q;;;;+1;/p-1. The number of alkyl halides is 1. The molecule has 0 aromatic carbocycles. The summed E-state index contributed by atoms with van der Waals surface area (Å²) in [5.41, 5.74) is 0. The van der Waals surface area contributed by atoms with E-state index in [-0.39, 0.29) is 42.5 Å². The smallest absolute Gasteiger partial charge is 0.870 e. The minimum absolute atomic E-state index is 0. The van der Waals surface area contributed by atoms with E-state index in [0.717, 1.165) is 0 Å². The van der Waals surface area contributed by atoms with Crippen molar-refractivity contribution in [1.82, 2.24) is 20.4 Å². The maximum atomic E-state index is 10.4. The zero-order valence-corrected chi connectivity index (χ0v) is 22.6. The van der Waals surface area contributed by atoms with Crippen molar-refractivity contribution in [1.29, 1.82) is 0 Å². The normalized spacial score (nSPS) is 10.7. The van der Waals surface area contributed by atoms with E-state index in [2.05, 4.69) is 36.3 Å². The Bertz CT molecular complexity index is 822. The van der Waals surface area contributed by atoms with Crippen LogP contribution in [0.15, 0.2) is 4.34 Å². The van der Waals surface area contributed by atoms with Crippen LogP contribution >= 0.6 is 87.0 Å². The van der Waals surface area contributed by atoms with Crippen molar-refractivity contribution in [2.45, 2.75) is 35.7 Å². The Kier molecular flexibility index (Phi) is 25.0. The second kappa shape index (κ2) is 19.5. The van der Waals surface area contributed by atoms with E-state index in [9.17, 15) is 9.59 Å². The van der Waals surface area contributed by atoms with E-state index in [4.69, 9.17) is 46.9 Å². The summed E-state index contributed by atoms with van der Waals surface area (Å²) in [5.74, 6) is -1.67. The number of carboxylic acid groups (broad SMARTS) is 2. The summed E-state index contributed by atoms with van der Waals surface area (Å²) in [6.45, 7) is 3.17. The van der Waals surface area contributed by atoms with E-state index in [1.54, 1.807) is 13.8 Å². The number of hydrogen-bond acceptors (Lipinski definition) is 10. The van der Waals surface area contributed by atoms with Gasteiger partial charge in [-0.25, -0.2) is 0 Å². The zero-order valence-electron chi connectivity index (χ0n) is 14.1. The molecule has 0 aliphatic rings. The van der Waals surface area contributed by atoms with Crippen molar-refractivity contribution < 1.29 is 54.8 Å². The first-order valence-electron chi connectivity index (χ1n) is 6.12. The van der Waals surface area contributed by atoms with Crippen LogP contribution < -0.4 is 29.6 Å². The quantitative estimate of drug-likeness (QED) is 0.156. The summed E-state index contributed by atoms with van der Waals surface area (Å²) in [6, 6.07) is 0. The summed E-state index contributed by atoms with van der Waals surface area (Å²) in [7, 11) is 0. The molecule has 0 spiro atoms. The Morgan fingerprint density at radius 1 is 1.07 bits per heavy atom. The first-order valence-corrected chi connectivity index (χ1v) is 10.8. The Morgan fingerprint density at radius 3 is 1.71 bits per heavy atom. The van der Waals surface area contributed by atoms with Crippen molar-refractivity contribution in [2.75, 3.05) is 0 Å². The van der Waals surface area contributed by atoms with Crippen molar-refractivity contribution in [2.24, 2.45) is 0 Å². The van der Waals surface area contributed by atoms with Crippen LogP contribution in [-0.4, -0.2) is 58.1 Å². The minimum atomic E-state index is -0.846. The third-order valence-corrected chi connectivity index (χ3v) is 5.78. The van der Waals surface area contributed by atoms with Gasteiger partial charge in [-0.15, -0.1) is 0 Å². The van der Waals surface area contributed by atoms with Gasteiger partial charge in [0.2, 0.25) is 0 Å². The van der Waals surface area contributed by atoms with Crippen LogP contribution in [0.4, 0.5) is 0 Å². The van der Waals surface area contributed by atoms with Gasteiger partial charge in [-0.2, -0.15) is 5.10 Å². The zero-order chi connectivity index (χ0) is 19.6. The molecular weight excluding hydrogens is 563 g/mol. The number of nitrogens with zero attached hydrogens (tertiary/aromatic N) is 1. The number of thioether (sulfide) groups is 1. The number of aromatic nitrogens is 4. The molecule has 0 radical (unpaired) electrons. The molecule has 156 valence electrons. The molecule has 0 aliphatic heterocycles. The molecule has 0 fully saturated rings. The van der Waals surface area contributed by atoms with Gasteiger partial charge in [0, 0.05) is 0 Å². The summed E-state index contributed by atoms with van der Waals surface area (Å²) in [4.78, 5) is 19.7. The third kappa shape index (κ3) is 18.5. The molecule has 2 aromatic rings. The van der Waals surface area contributed by atoms with E-state index in [0.29, 0.717) is 16.2 Å². The van der Waals surface area contributed by atoms with Crippen LogP contribution in [0, 0.1) is 11.9 Å². The summed E-state index contributed by atoms with van der Waals surface area (Å²) in [6.07, 6.45) is 0. The van der Waals surface area contributed by atoms with Crippen LogP contribution in [-0.2, 0) is 9.59 Å². The van der Waals surface area contributed by atoms with Gasteiger partial charge in [-0.05, 0) is 50.5 Å². The number of H-pyrrole nitrogens is 3. The van der Waals surface area contributed by atoms with Gasteiger partial charge in [0.05, 0.1) is 0 Å².